The van der Waals surface area contributed by atoms with Crippen molar-refractivity contribution in [2.75, 3.05) is 6.61 Å². The SMILES string of the molecule is Cn1cc(C2OCC2O)c2c(Cl)ncnc21. The van der Waals surface area contributed by atoms with Gasteiger partial charge in [0.05, 0.1) is 12.0 Å². The molecular weight excluding hydrogens is 230 g/mol. The van der Waals surface area contributed by atoms with Gasteiger partial charge in [-0.25, -0.2) is 9.97 Å². The van der Waals surface area contributed by atoms with Gasteiger partial charge in [0.2, 0.25) is 0 Å². The van der Waals surface area contributed by atoms with E-state index in [1.165, 1.54) is 6.33 Å². The van der Waals surface area contributed by atoms with E-state index in [1.807, 2.05) is 17.8 Å². The summed E-state index contributed by atoms with van der Waals surface area (Å²) in [6.45, 7) is 0.367. The molecule has 0 aromatic carbocycles. The Bertz CT molecular complexity index is 554. The maximum atomic E-state index is 9.60. The predicted molar refractivity (Wildman–Crippen MR) is 58.2 cm³/mol. The lowest BCUT2D eigenvalue weighted by atomic mass is 10.0. The fourth-order valence-corrected chi connectivity index (χ4v) is 2.23. The van der Waals surface area contributed by atoms with Gasteiger partial charge in [0.15, 0.2) is 0 Å². The standard InChI is InChI=1S/C10H10ClN3O2/c1-14-2-5(8-6(15)3-16-8)7-9(11)12-4-13-10(7)14/h2,4,6,8,15H,3H2,1H3. The highest BCUT2D eigenvalue weighted by Gasteiger charge is 2.34. The molecule has 5 nitrogen and oxygen atoms in total. The molecule has 2 aromatic heterocycles. The summed E-state index contributed by atoms with van der Waals surface area (Å²) < 4.78 is 7.18. The molecule has 1 saturated heterocycles. The molecule has 0 bridgehead atoms. The van der Waals surface area contributed by atoms with Crippen molar-refractivity contribution in [3.8, 4) is 0 Å². The Morgan fingerprint density at radius 1 is 1.56 bits per heavy atom. The summed E-state index contributed by atoms with van der Waals surface area (Å²) in [5, 5.41) is 10.8. The van der Waals surface area contributed by atoms with Crippen LogP contribution in [0.25, 0.3) is 11.0 Å². The summed E-state index contributed by atoms with van der Waals surface area (Å²) in [6.07, 6.45) is 2.51. The van der Waals surface area contributed by atoms with Gasteiger partial charge >= 0.3 is 0 Å². The topological polar surface area (TPSA) is 60.2 Å². The van der Waals surface area contributed by atoms with Crippen molar-refractivity contribution in [2.45, 2.75) is 12.2 Å². The molecule has 0 radical (unpaired) electrons. The molecule has 1 N–H and O–H groups in total. The maximum Gasteiger partial charge on any atom is 0.144 e. The monoisotopic (exact) mass is 239 g/mol. The van der Waals surface area contributed by atoms with Crippen LogP contribution >= 0.6 is 11.6 Å². The first-order valence-corrected chi connectivity index (χ1v) is 5.31. The smallest absolute Gasteiger partial charge is 0.144 e. The van der Waals surface area contributed by atoms with Gasteiger partial charge in [-0.15, -0.1) is 0 Å². The van der Waals surface area contributed by atoms with Crippen molar-refractivity contribution in [3.05, 3.63) is 23.2 Å². The van der Waals surface area contributed by atoms with Crippen LogP contribution < -0.4 is 0 Å². The summed E-state index contributed by atoms with van der Waals surface area (Å²) in [4.78, 5) is 8.11. The number of aryl methyl sites for hydroxylation is 1. The van der Waals surface area contributed by atoms with Crippen LogP contribution in [-0.4, -0.2) is 32.4 Å². The van der Waals surface area contributed by atoms with Gasteiger partial charge < -0.3 is 14.4 Å². The maximum absolute atomic E-state index is 9.60. The molecule has 3 rings (SSSR count). The molecule has 2 atom stereocenters. The number of ether oxygens (including phenoxy) is 1. The minimum atomic E-state index is -0.470. The van der Waals surface area contributed by atoms with E-state index >= 15 is 0 Å². The van der Waals surface area contributed by atoms with Gasteiger partial charge in [0.25, 0.3) is 0 Å². The number of aliphatic hydroxyl groups is 1. The third-order valence-corrected chi connectivity index (χ3v) is 3.13. The first kappa shape index (κ1) is 10.0. The zero-order valence-corrected chi connectivity index (χ0v) is 9.35. The molecule has 2 unspecified atom stereocenters. The second kappa shape index (κ2) is 3.41. The fraction of sp³-hybridized carbons (Fsp3) is 0.400. The lowest BCUT2D eigenvalue weighted by Gasteiger charge is -2.32. The van der Waals surface area contributed by atoms with Gasteiger partial charge in [-0.05, 0) is 0 Å². The van der Waals surface area contributed by atoms with Crippen molar-refractivity contribution in [1.29, 1.82) is 0 Å². The van der Waals surface area contributed by atoms with E-state index in [2.05, 4.69) is 9.97 Å². The molecule has 1 aliphatic rings. The first-order valence-electron chi connectivity index (χ1n) is 4.93. The van der Waals surface area contributed by atoms with Crippen LogP contribution in [0, 0.1) is 0 Å². The molecule has 2 aromatic rings. The van der Waals surface area contributed by atoms with Gasteiger partial charge in [-0.3, -0.25) is 0 Å². The molecule has 0 spiro atoms. The Kier molecular flexibility index (Phi) is 2.14. The Hall–Kier alpha value is -1.17. The molecule has 16 heavy (non-hydrogen) atoms. The van der Waals surface area contributed by atoms with E-state index in [0.717, 1.165) is 16.6 Å². The van der Waals surface area contributed by atoms with Crippen LogP contribution in [0.1, 0.15) is 11.7 Å². The van der Waals surface area contributed by atoms with E-state index in [0.29, 0.717) is 11.8 Å². The number of hydrogen-bond donors (Lipinski definition) is 1. The number of aliphatic hydroxyl groups excluding tert-OH is 1. The van der Waals surface area contributed by atoms with Crippen molar-refractivity contribution < 1.29 is 9.84 Å². The number of hydrogen-bond acceptors (Lipinski definition) is 4. The third kappa shape index (κ3) is 1.25. The van der Waals surface area contributed by atoms with Crippen molar-refractivity contribution in [1.82, 2.24) is 14.5 Å². The molecule has 84 valence electrons. The average molecular weight is 240 g/mol. The number of halogens is 1. The third-order valence-electron chi connectivity index (χ3n) is 2.84. The van der Waals surface area contributed by atoms with E-state index in [4.69, 9.17) is 16.3 Å². The van der Waals surface area contributed by atoms with E-state index in [9.17, 15) is 5.11 Å². The van der Waals surface area contributed by atoms with Crippen LogP contribution in [0.4, 0.5) is 0 Å². The van der Waals surface area contributed by atoms with Crippen LogP contribution in [0.5, 0.6) is 0 Å². The fourth-order valence-electron chi connectivity index (χ4n) is 2.00. The largest absolute Gasteiger partial charge is 0.388 e. The predicted octanol–water partition coefficient (Wildman–Crippen LogP) is 1.05. The van der Waals surface area contributed by atoms with E-state index in [1.54, 1.807) is 0 Å². The molecular formula is C10H10ClN3O2. The van der Waals surface area contributed by atoms with Gasteiger partial charge in [0.1, 0.15) is 29.3 Å². The Balaban J connectivity index is 2.24. The molecule has 0 aliphatic carbocycles. The van der Waals surface area contributed by atoms with Crippen LogP contribution in [0.2, 0.25) is 5.15 Å². The summed E-state index contributed by atoms with van der Waals surface area (Å²) >= 11 is 6.05. The number of nitrogens with zero attached hydrogens (tertiary/aromatic N) is 3. The molecule has 3 heterocycles. The first-order chi connectivity index (χ1) is 7.68. The minimum Gasteiger partial charge on any atom is -0.388 e. The number of fused-ring (bicyclic) bond motifs is 1. The zero-order chi connectivity index (χ0) is 11.3. The second-order valence-electron chi connectivity index (χ2n) is 3.88. The van der Waals surface area contributed by atoms with Crippen LogP contribution in [-0.2, 0) is 11.8 Å². The second-order valence-corrected chi connectivity index (χ2v) is 4.24. The molecule has 1 fully saturated rings. The van der Waals surface area contributed by atoms with Crippen molar-refractivity contribution in [3.63, 3.8) is 0 Å². The molecule has 6 heteroatoms. The lowest BCUT2D eigenvalue weighted by molar-refractivity contribution is -0.164. The quantitative estimate of drug-likeness (QED) is 0.756. The number of rotatable bonds is 1. The van der Waals surface area contributed by atoms with Crippen molar-refractivity contribution >= 4 is 22.6 Å². The van der Waals surface area contributed by atoms with Crippen LogP contribution in [0.15, 0.2) is 12.5 Å². The van der Waals surface area contributed by atoms with E-state index < -0.39 is 6.10 Å². The average Bonchev–Trinajstić information content (AvgIpc) is 2.56. The molecule has 0 amide bonds. The summed E-state index contributed by atoms with van der Waals surface area (Å²) in [6, 6.07) is 0. The Labute approximate surface area is 96.6 Å². The van der Waals surface area contributed by atoms with Gasteiger partial charge in [-0.2, -0.15) is 0 Å². The summed E-state index contributed by atoms with van der Waals surface area (Å²) in [5.74, 6) is 0. The summed E-state index contributed by atoms with van der Waals surface area (Å²) in [7, 11) is 1.88. The van der Waals surface area contributed by atoms with Crippen molar-refractivity contribution in [2.24, 2.45) is 7.05 Å². The van der Waals surface area contributed by atoms with E-state index in [-0.39, 0.29) is 6.10 Å². The Morgan fingerprint density at radius 2 is 2.38 bits per heavy atom. The summed E-state index contributed by atoms with van der Waals surface area (Å²) in [5.41, 5.74) is 1.60. The lowest BCUT2D eigenvalue weighted by Crippen LogP contribution is -2.37. The normalized spacial score (nSPS) is 24.7. The van der Waals surface area contributed by atoms with Gasteiger partial charge in [0, 0.05) is 18.8 Å². The highest BCUT2D eigenvalue weighted by atomic mass is 35.5. The van der Waals surface area contributed by atoms with Gasteiger partial charge in [-0.1, -0.05) is 11.6 Å². The number of aromatic nitrogens is 3. The highest BCUT2D eigenvalue weighted by Crippen LogP contribution is 2.37. The minimum absolute atomic E-state index is 0.313. The highest BCUT2D eigenvalue weighted by molar-refractivity contribution is 6.34. The zero-order valence-electron chi connectivity index (χ0n) is 8.59. The molecule has 0 saturated carbocycles. The molecule has 1 aliphatic heterocycles. The van der Waals surface area contributed by atoms with Crippen LogP contribution in [0.3, 0.4) is 0 Å². The Morgan fingerprint density at radius 3 is 3.00 bits per heavy atom.